The normalized spacial score (nSPS) is 18.0. The average molecular weight is 694 g/mol. The summed E-state index contributed by atoms with van der Waals surface area (Å²) in [5.41, 5.74) is 2.71. The molecule has 2 aromatic carbocycles. The Morgan fingerprint density at radius 1 is 0.540 bits per heavy atom. The lowest BCUT2D eigenvalue weighted by Gasteiger charge is -2.38. The van der Waals surface area contributed by atoms with Gasteiger partial charge in [0.25, 0.3) is 0 Å². The third kappa shape index (κ3) is 14.1. The Kier molecular flexibility index (Phi) is 14.7. The van der Waals surface area contributed by atoms with Crippen molar-refractivity contribution < 1.29 is 18.9 Å². The van der Waals surface area contributed by atoms with Gasteiger partial charge in [-0.1, -0.05) is 58.9 Å². The van der Waals surface area contributed by atoms with Crippen molar-refractivity contribution in [2.45, 2.75) is 123 Å². The van der Waals surface area contributed by atoms with Gasteiger partial charge in [0.15, 0.2) is 0 Å². The van der Waals surface area contributed by atoms with Gasteiger partial charge in [-0.15, -0.1) is 0 Å². The van der Waals surface area contributed by atoms with Gasteiger partial charge in [-0.05, 0) is 107 Å². The number of rotatable bonds is 17. The van der Waals surface area contributed by atoms with E-state index in [-0.39, 0.29) is 22.0 Å². The molecule has 282 valence electrons. The third-order valence-corrected chi connectivity index (χ3v) is 10.5. The van der Waals surface area contributed by atoms with E-state index in [1.54, 1.807) is 0 Å². The zero-order valence-corrected chi connectivity index (χ0v) is 33.5. The maximum absolute atomic E-state index is 6.73. The van der Waals surface area contributed by atoms with Crippen LogP contribution >= 0.6 is 0 Å². The van der Waals surface area contributed by atoms with Crippen LogP contribution in [0.2, 0.25) is 0 Å². The summed E-state index contributed by atoms with van der Waals surface area (Å²) in [4.78, 5) is 7.53. The van der Waals surface area contributed by atoms with Crippen molar-refractivity contribution in [2.75, 3.05) is 78.7 Å². The maximum Gasteiger partial charge on any atom is 0.119 e. The van der Waals surface area contributed by atoms with Gasteiger partial charge in [0.05, 0.1) is 23.9 Å². The molecule has 7 heteroatoms. The summed E-state index contributed by atoms with van der Waals surface area (Å²) in [6.07, 6.45) is 4.58. The minimum Gasteiger partial charge on any atom is -0.492 e. The Hall–Kier alpha value is -2.16. The van der Waals surface area contributed by atoms with Crippen molar-refractivity contribution in [3.05, 3.63) is 59.7 Å². The van der Waals surface area contributed by atoms with Crippen molar-refractivity contribution >= 4 is 0 Å². The fourth-order valence-electron chi connectivity index (χ4n) is 6.87. The summed E-state index contributed by atoms with van der Waals surface area (Å²) in [5.74, 6) is 1.92. The Bertz CT molecular complexity index is 1250. The zero-order chi connectivity index (χ0) is 36.4. The highest BCUT2D eigenvalue weighted by Gasteiger charge is 2.30. The standard InChI is InChI=1S/C43H71N3O4/c1-40(2,3)35-11-15-37(16-12-35)47-32-29-44-23-19-39(20-24-44)50-43(9,10)22-21-42(7,8)36-13-17-38(18-14-36)48-33-30-45-25-27-46(28-26-45)31-34-49-41(4,5)6/h11-18,39H,19-34H2,1-10H3. The monoisotopic (exact) mass is 694 g/mol. The molecule has 0 aliphatic carbocycles. The number of hydrogen-bond donors (Lipinski definition) is 0. The van der Waals surface area contributed by atoms with Crippen molar-refractivity contribution in [2.24, 2.45) is 0 Å². The lowest BCUT2D eigenvalue weighted by atomic mass is 9.78. The topological polar surface area (TPSA) is 46.6 Å². The number of hydrogen-bond acceptors (Lipinski definition) is 7. The molecule has 2 fully saturated rings. The van der Waals surface area contributed by atoms with E-state index in [2.05, 4.69) is 132 Å². The molecular weight excluding hydrogens is 622 g/mol. The van der Waals surface area contributed by atoms with Gasteiger partial charge in [-0.2, -0.15) is 0 Å². The molecular formula is C43H71N3O4. The molecule has 7 nitrogen and oxygen atoms in total. The molecule has 4 rings (SSSR count). The Labute approximate surface area is 306 Å². The highest BCUT2D eigenvalue weighted by atomic mass is 16.5. The summed E-state index contributed by atoms with van der Waals surface area (Å²) in [6.45, 7) is 34.0. The molecule has 2 aromatic rings. The number of piperidine rings is 1. The summed E-state index contributed by atoms with van der Waals surface area (Å²) < 4.78 is 24.9. The summed E-state index contributed by atoms with van der Waals surface area (Å²) in [7, 11) is 0. The van der Waals surface area contributed by atoms with Crippen LogP contribution in [0, 0.1) is 0 Å². The second-order valence-electron chi connectivity index (χ2n) is 17.9. The molecule has 0 spiro atoms. The molecule has 2 aliphatic rings. The molecule has 2 saturated heterocycles. The number of piperazine rings is 1. The first-order valence-electron chi connectivity index (χ1n) is 19.4. The summed E-state index contributed by atoms with van der Waals surface area (Å²) >= 11 is 0. The first kappa shape index (κ1) is 40.6. The Morgan fingerprint density at radius 3 is 1.44 bits per heavy atom. The molecule has 0 N–H and O–H groups in total. The molecule has 0 amide bonds. The molecule has 0 radical (unpaired) electrons. The molecule has 2 heterocycles. The molecule has 0 atom stereocenters. The van der Waals surface area contributed by atoms with Gasteiger partial charge >= 0.3 is 0 Å². The van der Waals surface area contributed by atoms with Crippen LogP contribution in [0.15, 0.2) is 48.5 Å². The van der Waals surface area contributed by atoms with Gasteiger partial charge in [0, 0.05) is 58.9 Å². The highest BCUT2D eigenvalue weighted by Crippen LogP contribution is 2.34. The number of ether oxygens (including phenoxy) is 4. The predicted octanol–water partition coefficient (Wildman–Crippen LogP) is 8.19. The fourth-order valence-corrected chi connectivity index (χ4v) is 6.87. The molecule has 0 aromatic heterocycles. The third-order valence-electron chi connectivity index (χ3n) is 10.5. The largest absolute Gasteiger partial charge is 0.492 e. The minimum atomic E-state index is -0.152. The number of likely N-dealkylation sites (tertiary alicyclic amines) is 1. The molecule has 0 saturated carbocycles. The van der Waals surface area contributed by atoms with E-state index in [9.17, 15) is 0 Å². The van der Waals surface area contributed by atoms with Gasteiger partial charge in [-0.3, -0.25) is 14.7 Å². The minimum absolute atomic E-state index is 0.0597. The van der Waals surface area contributed by atoms with Crippen LogP contribution in [0.5, 0.6) is 11.5 Å². The average Bonchev–Trinajstić information content (AvgIpc) is 3.05. The van der Waals surface area contributed by atoms with Crippen LogP contribution < -0.4 is 9.47 Å². The lowest BCUT2D eigenvalue weighted by molar-refractivity contribution is -0.0986. The second-order valence-corrected chi connectivity index (χ2v) is 17.9. The Morgan fingerprint density at radius 2 is 0.980 bits per heavy atom. The van der Waals surface area contributed by atoms with E-state index < -0.39 is 0 Å². The smallest absolute Gasteiger partial charge is 0.119 e. The van der Waals surface area contributed by atoms with Crippen LogP contribution in [0.1, 0.15) is 106 Å². The SMILES string of the molecule is CC(C)(C)OCCN1CCN(CCOc2ccc(C(C)(C)CCC(C)(C)OC3CCN(CCOc4ccc(C(C)(C)C)cc4)CC3)cc2)CC1. The quantitative estimate of drug-likeness (QED) is 0.166. The summed E-state index contributed by atoms with van der Waals surface area (Å²) in [6, 6.07) is 17.4. The molecule has 50 heavy (non-hydrogen) atoms. The molecule has 0 unspecified atom stereocenters. The van der Waals surface area contributed by atoms with Gasteiger partial charge in [-0.25, -0.2) is 0 Å². The van der Waals surface area contributed by atoms with Gasteiger partial charge < -0.3 is 18.9 Å². The van der Waals surface area contributed by atoms with E-state index in [1.165, 1.54) is 11.1 Å². The first-order valence-corrected chi connectivity index (χ1v) is 19.4. The van der Waals surface area contributed by atoms with Crippen LogP contribution in [0.3, 0.4) is 0 Å². The van der Waals surface area contributed by atoms with Crippen LogP contribution in [-0.4, -0.2) is 111 Å². The number of nitrogens with zero attached hydrogens (tertiary/aromatic N) is 3. The molecule has 0 bridgehead atoms. The first-order chi connectivity index (χ1) is 23.5. The van der Waals surface area contributed by atoms with Gasteiger partial charge in [0.2, 0.25) is 0 Å². The van der Waals surface area contributed by atoms with Crippen LogP contribution in [0.25, 0.3) is 0 Å². The van der Waals surface area contributed by atoms with Crippen molar-refractivity contribution in [1.29, 1.82) is 0 Å². The maximum atomic E-state index is 6.73. The van der Waals surface area contributed by atoms with Crippen molar-refractivity contribution in [3.8, 4) is 11.5 Å². The molecule has 2 aliphatic heterocycles. The van der Waals surface area contributed by atoms with Crippen molar-refractivity contribution in [3.63, 3.8) is 0 Å². The van der Waals surface area contributed by atoms with E-state index >= 15 is 0 Å². The van der Waals surface area contributed by atoms with Crippen LogP contribution in [0.4, 0.5) is 0 Å². The second kappa shape index (κ2) is 18.1. The van der Waals surface area contributed by atoms with E-state index in [1.807, 2.05) is 0 Å². The number of benzene rings is 2. The zero-order valence-electron chi connectivity index (χ0n) is 33.5. The van der Waals surface area contributed by atoms with Crippen molar-refractivity contribution in [1.82, 2.24) is 14.7 Å². The fraction of sp³-hybridized carbons (Fsp3) is 0.721. The lowest BCUT2D eigenvalue weighted by Crippen LogP contribution is -2.48. The predicted molar refractivity (Wildman–Crippen MR) is 208 cm³/mol. The van der Waals surface area contributed by atoms with E-state index in [4.69, 9.17) is 18.9 Å². The Balaban J connectivity index is 1.09. The van der Waals surface area contributed by atoms with E-state index in [0.29, 0.717) is 6.10 Å². The van der Waals surface area contributed by atoms with Crippen LogP contribution in [-0.2, 0) is 20.3 Å². The van der Waals surface area contributed by atoms with E-state index in [0.717, 1.165) is 116 Å². The summed E-state index contributed by atoms with van der Waals surface area (Å²) in [5, 5.41) is 0. The van der Waals surface area contributed by atoms with Gasteiger partial charge in [0.1, 0.15) is 24.7 Å². The highest BCUT2D eigenvalue weighted by molar-refractivity contribution is 5.32.